The number of benzene rings is 1. The smallest absolute Gasteiger partial charge is 0.261 e. The topological polar surface area (TPSA) is 50.8 Å². The van der Waals surface area contributed by atoms with Crippen molar-refractivity contribution in [2.24, 2.45) is 11.8 Å². The van der Waals surface area contributed by atoms with E-state index in [-0.39, 0.29) is 18.1 Å². The Morgan fingerprint density at radius 3 is 2.93 bits per heavy atom. The van der Waals surface area contributed by atoms with Crippen LogP contribution in [0.1, 0.15) is 57.4 Å². The Hall–Kier alpha value is -1.59. The van der Waals surface area contributed by atoms with E-state index in [0.29, 0.717) is 11.8 Å². The molecule has 1 N–H and O–H groups in total. The van der Waals surface area contributed by atoms with E-state index in [2.05, 4.69) is 23.2 Å². The van der Waals surface area contributed by atoms with Crippen molar-refractivity contribution in [2.75, 3.05) is 32.8 Å². The predicted octanol–water partition coefficient (Wildman–Crippen LogP) is 3.80. The van der Waals surface area contributed by atoms with Crippen LogP contribution >= 0.6 is 0 Å². The summed E-state index contributed by atoms with van der Waals surface area (Å²) in [7, 11) is 0. The molecule has 2 aliphatic heterocycles. The summed E-state index contributed by atoms with van der Waals surface area (Å²) in [5.74, 6) is 2.16. The van der Waals surface area contributed by atoms with Crippen LogP contribution in [0.5, 0.6) is 5.75 Å². The second kappa shape index (κ2) is 10.6. The molecule has 0 unspecified atom stereocenters. The molecule has 0 aromatic heterocycles. The first-order valence-electron chi connectivity index (χ1n) is 12.1. The van der Waals surface area contributed by atoms with Gasteiger partial charge in [-0.05, 0) is 75.5 Å². The van der Waals surface area contributed by atoms with Gasteiger partial charge in [0.05, 0.1) is 6.61 Å². The fraction of sp³-hybridized carbons (Fsp3) is 0.720. The lowest BCUT2D eigenvalue weighted by molar-refractivity contribution is -0.130. The van der Waals surface area contributed by atoms with Crippen LogP contribution in [-0.4, -0.2) is 55.8 Å². The molecule has 4 rings (SSSR count). The van der Waals surface area contributed by atoms with Gasteiger partial charge in [-0.15, -0.1) is 0 Å². The van der Waals surface area contributed by atoms with E-state index in [9.17, 15) is 4.79 Å². The normalized spacial score (nSPS) is 29.6. The zero-order valence-corrected chi connectivity index (χ0v) is 18.5. The summed E-state index contributed by atoms with van der Waals surface area (Å²) in [6.07, 6.45) is 8.67. The number of nitrogens with one attached hydrogen (secondary N) is 1. The molecule has 1 saturated heterocycles. The van der Waals surface area contributed by atoms with E-state index < -0.39 is 0 Å². The Morgan fingerprint density at radius 2 is 2.03 bits per heavy atom. The van der Waals surface area contributed by atoms with E-state index in [0.717, 1.165) is 51.3 Å². The van der Waals surface area contributed by atoms with Gasteiger partial charge in [0.2, 0.25) is 0 Å². The van der Waals surface area contributed by atoms with Crippen molar-refractivity contribution in [1.82, 2.24) is 10.2 Å². The molecule has 1 aliphatic carbocycles. The van der Waals surface area contributed by atoms with Crippen LogP contribution in [0.15, 0.2) is 24.3 Å². The third-order valence-corrected chi connectivity index (χ3v) is 7.10. The first-order chi connectivity index (χ1) is 14.7. The van der Waals surface area contributed by atoms with Gasteiger partial charge in [0, 0.05) is 25.7 Å². The number of fused-ring (bicyclic) bond motifs is 1. The molecule has 166 valence electrons. The van der Waals surface area contributed by atoms with Crippen molar-refractivity contribution in [2.45, 2.75) is 70.4 Å². The predicted molar refractivity (Wildman–Crippen MR) is 119 cm³/mol. The van der Waals surface area contributed by atoms with Gasteiger partial charge < -0.3 is 19.7 Å². The molecule has 0 spiro atoms. The number of para-hydroxylation sites is 1. The highest BCUT2D eigenvalue weighted by atomic mass is 16.5. The maximum Gasteiger partial charge on any atom is 0.261 e. The minimum Gasteiger partial charge on any atom is -0.480 e. The van der Waals surface area contributed by atoms with Crippen molar-refractivity contribution in [1.29, 1.82) is 0 Å². The first-order valence-corrected chi connectivity index (χ1v) is 12.1. The number of ether oxygens (including phenoxy) is 2. The monoisotopic (exact) mass is 414 g/mol. The molecule has 30 heavy (non-hydrogen) atoms. The second-order valence-electron chi connectivity index (χ2n) is 9.34. The van der Waals surface area contributed by atoms with Gasteiger partial charge in [-0.1, -0.05) is 31.0 Å². The molecule has 1 amide bonds. The van der Waals surface area contributed by atoms with Gasteiger partial charge in [0.1, 0.15) is 5.75 Å². The van der Waals surface area contributed by atoms with Gasteiger partial charge in [0.25, 0.3) is 5.91 Å². The molecule has 2 heterocycles. The van der Waals surface area contributed by atoms with Gasteiger partial charge >= 0.3 is 0 Å². The fourth-order valence-corrected chi connectivity index (χ4v) is 5.47. The highest BCUT2D eigenvalue weighted by Gasteiger charge is 2.33. The summed E-state index contributed by atoms with van der Waals surface area (Å²) >= 11 is 0. The number of hydrogen-bond donors (Lipinski definition) is 1. The number of rotatable bonds is 7. The number of amides is 1. The van der Waals surface area contributed by atoms with E-state index in [1.165, 1.54) is 44.2 Å². The Labute approximate surface area is 181 Å². The number of likely N-dealkylation sites (tertiary alicyclic amines) is 1. The zero-order chi connectivity index (χ0) is 20.8. The number of aryl methyl sites for hydroxylation is 1. The first kappa shape index (κ1) is 21.6. The SMILES string of the molecule is CCOC[C@@H]1CCCN(C[C@H]2CCCC[C@@H]2NC(=O)[C@H]2CCc3ccccc3O2)C1. The van der Waals surface area contributed by atoms with Crippen LogP contribution in [0.4, 0.5) is 0 Å². The largest absolute Gasteiger partial charge is 0.480 e. The molecule has 1 aromatic rings. The molecule has 1 saturated carbocycles. The Kier molecular flexibility index (Phi) is 7.67. The molecule has 5 nitrogen and oxygen atoms in total. The molecule has 0 bridgehead atoms. The quantitative estimate of drug-likeness (QED) is 0.737. The van der Waals surface area contributed by atoms with Gasteiger partial charge in [-0.3, -0.25) is 4.79 Å². The summed E-state index contributed by atoms with van der Waals surface area (Å²) in [6.45, 7) is 7.19. The van der Waals surface area contributed by atoms with Crippen LogP contribution in [0.3, 0.4) is 0 Å². The molecular formula is C25H38N2O3. The van der Waals surface area contributed by atoms with Crippen LogP contribution in [-0.2, 0) is 16.0 Å². The lowest BCUT2D eigenvalue weighted by atomic mass is 9.83. The fourth-order valence-electron chi connectivity index (χ4n) is 5.47. The molecular weight excluding hydrogens is 376 g/mol. The van der Waals surface area contributed by atoms with E-state index in [1.807, 2.05) is 18.2 Å². The van der Waals surface area contributed by atoms with Crippen LogP contribution in [0.2, 0.25) is 0 Å². The van der Waals surface area contributed by atoms with Crippen molar-refractivity contribution in [3.8, 4) is 5.75 Å². The average molecular weight is 415 g/mol. The highest BCUT2D eigenvalue weighted by molar-refractivity contribution is 5.81. The van der Waals surface area contributed by atoms with Crippen molar-refractivity contribution in [3.05, 3.63) is 29.8 Å². The summed E-state index contributed by atoms with van der Waals surface area (Å²) in [5, 5.41) is 3.39. The van der Waals surface area contributed by atoms with E-state index >= 15 is 0 Å². The van der Waals surface area contributed by atoms with Gasteiger partial charge in [-0.2, -0.15) is 0 Å². The highest BCUT2D eigenvalue weighted by Crippen LogP contribution is 2.30. The number of carbonyl (C=O) groups excluding carboxylic acids is 1. The molecule has 5 heteroatoms. The van der Waals surface area contributed by atoms with E-state index in [1.54, 1.807) is 0 Å². The average Bonchev–Trinajstić information content (AvgIpc) is 2.79. The van der Waals surface area contributed by atoms with Gasteiger partial charge in [-0.25, -0.2) is 0 Å². The summed E-state index contributed by atoms with van der Waals surface area (Å²) in [6, 6.07) is 8.37. The summed E-state index contributed by atoms with van der Waals surface area (Å²) < 4.78 is 11.7. The molecule has 2 fully saturated rings. The van der Waals surface area contributed by atoms with Crippen molar-refractivity contribution in [3.63, 3.8) is 0 Å². The standard InChI is InChI=1S/C25H38N2O3/c1-2-29-18-19-8-7-15-27(16-19)17-21-10-3-5-11-22(21)26-25(28)24-14-13-20-9-4-6-12-23(20)30-24/h4,6,9,12,19,21-22,24H,2-3,5,7-8,10-11,13-18H2,1H3,(H,26,28)/t19-,21-,22+,24-/m1/s1. The van der Waals surface area contributed by atoms with Crippen molar-refractivity contribution >= 4 is 5.91 Å². The van der Waals surface area contributed by atoms with Gasteiger partial charge in [0.15, 0.2) is 6.10 Å². The Morgan fingerprint density at radius 1 is 1.17 bits per heavy atom. The minimum absolute atomic E-state index is 0.0780. The van der Waals surface area contributed by atoms with Crippen molar-refractivity contribution < 1.29 is 14.3 Å². The summed E-state index contributed by atoms with van der Waals surface area (Å²) in [4.78, 5) is 15.6. The Balaban J connectivity index is 1.31. The third kappa shape index (κ3) is 5.55. The van der Waals surface area contributed by atoms with Crippen LogP contribution in [0.25, 0.3) is 0 Å². The van der Waals surface area contributed by atoms with Crippen LogP contribution < -0.4 is 10.1 Å². The number of piperidine rings is 1. The van der Waals surface area contributed by atoms with Crippen LogP contribution in [0, 0.1) is 11.8 Å². The molecule has 3 aliphatic rings. The lowest BCUT2D eigenvalue weighted by Crippen LogP contribution is -2.51. The lowest BCUT2D eigenvalue weighted by Gasteiger charge is -2.39. The number of carbonyl (C=O) groups is 1. The summed E-state index contributed by atoms with van der Waals surface area (Å²) in [5.41, 5.74) is 1.21. The molecule has 4 atom stereocenters. The second-order valence-corrected chi connectivity index (χ2v) is 9.34. The Bertz CT molecular complexity index is 695. The maximum atomic E-state index is 13.0. The molecule has 1 aromatic carbocycles. The number of nitrogens with zero attached hydrogens (tertiary/aromatic N) is 1. The van der Waals surface area contributed by atoms with E-state index in [4.69, 9.17) is 9.47 Å². The maximum absolute atomic E-state index is 13.0. The molecule has 0 radical (unpaired) electrons. The zero-order valence-electron chi connectivity index (χ0n) is 18.5. The minimum atomic E-state index is -0.354. The number of hydrogen-bond acceptors (Lipinski definition) is 4. The third-order valence-electron chi connectivity index (χ3n) is 7.10.